The fraction of sp³-hybridized carbons (Fsp3) is 0.324. The smallest absolute Gasteiger partial charge is 0.289 e. The van der Waals surface area contributed by atoms with Crippen LogP contribution < -0.4 is 15.8 Å². The summed E-state index contributed by atoms with van der Waals surface area (Å²) in [5.41, 5.74) is 10.00. The van der Waals surface area contributed by atoms with E-state index in [1.807, 2.05) is 0 Å². The number of hydrogen-bond donors (Lipinski definition) is 3. The van der Waals surface area contributed by atoms with Crippen LogP contribution in [0.4, 0.5) is 4.39 Å². The molecule has 0 unspecified atom stereocenters. The van der Waals surface area contributed by atoms with Crippen LogP contribution in [0.15, 0.2) is 48.3 Å². The number of fused-ring (bicyclic) bond motifs is 4. The molecular formula is C34H34FN7O4. The molecule has 2 aliphatic heterocycles. The number of hydrogen-bond acceptors (Lipinski definition) is 9. The average Bonchev–Trinajstić information content (AvgIpc) is 3.37. The number of ether oxygens (including phenoxy) is 2. The zero-order valence-electron chi connectivity index (χ0n) is 25.8. The third-order valence-corrected chi connectivity index (χ3v) is 8.95. The van der Waals surface area contributed by atoms with Gasteiger partial charge < -0.3 is 25.5 Å². The summed E-state index contributed by atoms with van der Waals surface area (Å²) in [6.07, 6.45) is 3.26. The molecule has 1 amide bonds. The van der Waals surface area contributed by atoms with Gasteiger partial charge in [-0.2, -0.15) is 0 Å². The molecule has 2 aromatic carbocycles. The Bertz CT molecular complexity index is 2060. The summed E-state index contributed by atoms with van der Waals surface area (Å²) < 4.78 is 25.6. The van der Waals surface area contributed by atoms with Crippen molar-refractivity contribution in [2.45, 2.75) is 38.8 Å². The third kappa shape index (κ3) is 5.23. The normalized spacial score (nSPS) is 16.9. The maximum absolute atomic E-state index is 14.6. The van der Waals surface area contributed by atoms with Gasteiger partial charge in [0.2, 0.25) is 5.82 Å². The fourth-order valence-corrected chi connectivity index (χ4v) is 6.58. The number of Topliss-reactive ketones (excluding diaryl/α,β-unsaturated/α-hetero) is 1. The van der Waals surface area contributed by atoms with Crippen LogP contribution in [-0.2, 0) is 9.53 Å². The van der Waals surface area contributed by atoms with Crippen molar-refractivity contribution < 1.29 is 23.5 Å². The summed E-state index contributed by atoms with van der Waals surface area (Å²) in [6, 6.07) is 10.2. The van der Waals surface area contributed by atoms with Crippen LogP contribution in [0.5, 0.6) is 5.75 Å². The number of likely N-dealkylation sites (tertiary alicyclic amines) is 1. The van der Waals surface area contributed by atoms with E-state index in [-0.39, 0.29) is 17.6 Å². The zero-order valence-corrected chi connectivity index (χ0v) is 25.8. The van der Waals surface area contributed by atoms with Crippen molar-refractivity contribution >= 4 is 50.1 Å². The Morgan fingerprint density at radius 2 is 1.87 bits per heavy atom. The van der Waals surface area contributed by atoms with Gasteiger partial charge in [0.1, 0.15) is 17.2 Å². The SMILES string of the molecule is COc1cc2c(cc1C(C(C)=O)=C(C)N)[nH]c1nc(C(=O)NC3CCN(C4COC4)CC3)nc(-c3ccnc4ccc(F)cc34)c12. The van der Waals surface area contributed by atoms with Crippen molar-refractivity contribution in [3.05, 3.63) is 65.5 Å². The van der Waals surface area contributed by atoms with Crippen LogP contribution in [-0.4, -0.2) is 82.0 Å². The molecule has 236 valence electrons. The fourth-order valence-electron chi connectivity index (χ4n) is 6.58. The first-order chi connectivity index (χ1) is 22.2. The molecule has 2 aliphatic rings. The van der Waals surface area contributed by atoms with Gasteiger partial charge in [-0.15, -0.1) is 0 Å². The van der Waals surface area contributed by atoms with Gasteiger partial charge in [-0.25, -0.2) is 14.4 Å². The molecule has 7 rings (SSSR count). The molecule has 5 aromatic rings. The highest BCUT2D eigenvalue weighted by atomic mass is 19.1. The van der Waals surface area contributed by atoms with E-state index in [1.165, 1.54) is 26.2 Å². The summed E-state index contributed by atoms with van der Waals surface area (Å²) >= 11 is 0. The van der Waals surface area contributed by atoms with E-state index in [2.05, 4.69) is 25.2 Å². The number of allylic oxidation sites excluding steroid dienone is 2. The second kappa shape index (κ2) is 11.8. The van der Waals surface area contributed by atoms with Crippen LogP contribution in [0, 0.1) is 5.82 Å². The Kier molecular flexibility index (Phi) is 7.61. The van der Waals surface area contributed by atoms with Crippen molar-refractivity contribution in [1.82, 2.24) is 30.2 Å². The number of carbonyl (C=O) groups excluding carboxylic acids is 2. The number of halogens is 1. The maximum Gasteiger partial charge on any atom is 0.289 e. The number of aromatic nitrogens is 4. The van der Waals surface area contributed by atoms with E-state index in [0.717, 1.165) is 39.1 Å². The highest BCUT2D eigenvalue weighted by Crippen LogP contribution is 2.40. The largest absolute Gasteiger partial charge is 0.496 e. The number of rotatable bonds is 7. The van der Waals surface area contributed by atoms with Crippen molar-refractivity contribution in [1.29, 1.82) is 0 Å². The Morgan fingerprint density at radius 3 is 2.54 bits per heavy atom. The van der Waals surface area contributed by atoms with Crippen molar-refractivity contribution in [2.75, 3.05) is 33.4 Å². The minimum Gasteiger partial charge on any atom is -0.496 e. The van der Waals surface area contributed by atoms with Gasteiger partial charge in [0.15, 0.2) is 5.78 Å². The van der Waals surface area contributed by atoms with E-state index >= 15 is 0 Å². The number of nitrogens with zero attached hydrogens (tertiary/aromatic N) is 4. The van der Waals surface area contributed by atoms with E-state index in [1.54, 1.807) is 37.4 Å². The summed E-state index contributed by atoms with van der Waals surface area (Å²) in [7, 11) is 1.52. The minimum atomic E-state index is -0.421. The number of methoxy groups -OCH3 is 1. The molecule has 2 saturated heterocycles. The summed E-state index contributed by atoms with van der Waals surface area (Å²) in [4.78, 5) is 46.0. The first kappa shape index (κ1) is 29.8. The number of nitrogens with one attached hydrogen (secondary N) is 2. The molecule has 0 saturated carbocycles. The second-order valence-electron chi connectivity index (χ2n) is 12.0. The van der Waals surface area contributed by atoms with Gasteiger partial charge in [0.25, 0.3) is 5.91 Å². The van der Waals surface area contributed by atoms with Crippen LogP contribution in [0.25, 0.3) is 49.7 Å². The molecule has 0 aliphatic carbocycles. The van der Waals surface area contributed by atoms with E-state index in [4.69, 9.17) is 20.2 Å². The number of carbonyl (C=O) groups is 2. The van der Waals surface area contributed by atoms with Gasteiger partial charge in [-0.3, -0.25) is 19.5 Å². The van der Waals surface area contributed by atoms with Gasteiger partial charge in [-0.1, -0.05) is 0 Å². The lowest BCUT2D eigenvalue weighted by atomic mass is 9.97. The van der Waals surface area contributed by atoms with Crippen molar-refractivity contribution in [3.63, 3.8) is 0 Å². The van der Waals surface area contributed by atoms with Crippen molar-refractivity contribution in [3.8, 4) is 17.0 Å². The topological polar surface area (TPSA) is 148 Å². The molecule has 3 aromatic heterocycles. The molecule has 4 N–H and O–H groups in total. The lowest BCUT2D eigenvalue weighted by molar-refractivity contribution is -0.111. The van der Waals surface area contributed by atoms with Crippen LogP contribution in [0.3, 0.4) is 0 Å². The number of aromatic amines is 1. The van der Waals surface area contributed by atoms with E-state index in [9.17, 15) is 14.0 Å². The minimum absolute atomic E-state index is 0.0143. The number of ketones is 1. The van der Waals surface area contributed by atoms with Gasteiger partial charge in [0, 0.05) is 64.0 Å². The first-order valence-electron chi connectivity index (χ1n) is 15.3. The molecule has 0 spiro atoms. The Balaban J connectivity index is 1.38. The number of pyridine rings is 1. The van der Waals surface area contributed by atoms with Gasteiger partial charge >= 0.3 is 0 Å². The molecular weight excluding hydrogens is 589 g/mol. The summed E-state index contributed by atoms with van der Waals surface area (Å²) in [6.45, 7) is 6.40. The van der Waals surface area contributed by atoms with Crippen LogP contribution in [0.1, 0.15) is 42.9 Å². The number of benzene rings is 2. The highest BCUT2D eigenvalue weighted by Gasteiger charge is 2.31. The third-order valence-electron chi connectivity index (χ3n) is 8.95. The van der Waals surface area contributed by atoms with E-state index in [0.29, 0.717) is 72.7 Å². The van der Waals surface area contributed by atoms with Crippen molar-refractivity contribution in [2.24, 2.45) is 5.73 Å². The molecule has 0 atom stereocenters. The zero-order chi connectivity index (χ0) is 32.1. The quantitative estimate of drug-likeness (QED) is 0.225. The second-order valence-corrected chi connectivity index (χ2v) is 12.0. The van der Waals surface area contributed by atoms with Crippen LogP contribution >= 0.6 is 0 Å². The monoisotopic (exact) mass is 623 g/mol. The van der Waals surface area contributed by atoms with Crippen LogP contribution in [0.2, 0.25) is 0 Å². The summed E-state index contributed by atoms with van der Waals surface area (Å²) in [5.74, 6) is -0.599. The Hall–Kier alpha value is -4.94. The Morgan fingerprint density at radius 1 is 1.09 bits per heavy atom. The summed E-state index contributed by atoms with van der Waals surface area (Å²) in [5, 5.41) is 4.99. The average molecular weight is 624 g/mol. The predicted molar refractivity (Wildman–Crippen MR) is 173 cm³/mol. The predicted octanol–water partition coefficient (Wildman–Crippen LogP) is 4.35. The lowest BCUT2D eigenvalue weighted by Crippen LogP contribution is -2.54. The molecule has 2 fully saturated rings. The first-order valence-corrected chi connectivity index (χ1v) is 15.3. The number of nitrogens with two attached hydrogens (primary N) is 1. The molecule has 46 heavy (non-hydrogen) atoms. The van der Waals surface area contributed by atoms with Gasteiger partial charge in [-0.05, 0) is 63.1 Å². The molecule has 12 heteroatoms. The molecule has 0 radical (unpaired) electrons. The number of H-pyrrole nitrogens is 1. The van der Waals surface area contributed by atoms with Gasteiger partial charge in [0.05, 0.1) is 43.0 Å². The molecule has 11 nitrogen and oxygen atoms in total. The number of amides is 1. The molecule has 5 heterocycles. The van der Waals surface area contributed by atoms with E-state index < -0.39 is 11.7 Å². The Labute approximate surface area is 264 Å². The number of piperidine rings is 1. The highest BCUT2D eigenvalue weighted by molar-refractivity contribution is 6.23. The lowest BCUT2D eigenvalue weighted by Gasteiger charge is -2.41. The molecule has 0 bridgehead atoms. The standard InChI is InChI=1S/C34H34FN7O4/c1-17(36)29(18(2)43)25-13-27-24(14-28(25)45-3)30-31(22-6-9-37-26-5-4-19(35)12-23(22)26)40-33(41-32(30)39-27)34(44)38-20-7-10-42(11-8-20)21-15-46-16-21/h4-6,9,12-14,20-21H,7-8,10-11,15-16,36H2,1-3H3,(H,38,44)(H,39,40,41). The maximum atomic E-state index is 14.6.